The normalized spacial score (nSPS) is 10.7. The molecule has 2 aromatic rings. The van der Waals surface area contributed by atoms with E-state index in [4.69, 9.17) is 4.74 Å². The maximum atomic E-state index is 5.32. The molecule has 0 fully saturated rings. The molecule has 20 heavy (non-hydrogen) atoms. The number of halogens is 2. The average Bonchev–Trinajstić information content (AvgIpc) is 2.78. The third-order valence-electron chi connectivity index (χ3n) is 3.04. The van der Waals surface area contributed by atoms with E-state index in [0.29, 0.717) is 0 Å². The van der Waals surface area contributed by atoms with Gasteiger partial charge in [-0.3, -0.25) is 4.68 Å². The largest absolute Gasteiger partial charge is 0.495 e. The summed E-state index contributed by atoms with van der Waals surface area (Å²) in [5.41, 5.74) is 3.33. The molecule has 0 aliphatic carbocycles. The molecule has 0 saturated carbocycles. The number of nitrogens with one attached hydrogen (secondary N) is 1. The van der Waals surface area contributed by atoms with E-state index in [1.165, 1.54) is 5.56 Å². The lowest BCUT2D eigenvalue weighted by Gasteiger charge is -2.11. The third kappa shape index (κ3) is 3.35. The predicted molar refractivity (Wildman–Crippen MR) is 88.3 cm³/mol. The lowest BCUT2D eigenvalue weighted by molar-refractivity contribution is 0.412. The van der Waals surface area contributed by atoms with Crippen molar-refractivity contribution >= 4 is 37.5 Å². The van der Waals surface area contributed by atoms with E-state index in [2.05, 4.69) is 55.4 Å². The Balaban J connectivity index is 2.18. The highest BCUT2D eigenvalue weighted by molar-refractivity contribution is 9.11. The van der Waals surface area contributed by atoms with Gasteiger partial charge in [0.05, 0.1) is 23.0 Å². The molecule has 0 saturated heterocycles. The number of methoxy groups -OCH3 is 1. The van der Waals surface area contributed by atoms with Crippen LogP contribution in [0.2, 0.25) is 0 Å². The smallest absolute Gasteiger partial charge is 0.135 e. The van der Waals surface area contributed by atoms with Gasteiger partial charge in [0.1, 0.15) is 5.75 Å². The summed E-state index contributed by atoms with van der Waals surface area (Å²) in [4.78, 5) is 0. The van der Waals surface area contributed by atoms with Gasteiger partial charge in [-0.15, -0.1) is 0 Å². The third-order valence-corrected chi connectivity index (χ3v) is 4.31. The summed E-state index contributed by atoms with van der Waals surface area (Å²) in [6, 6.07) is 3.95. The molecule has 0 spiro atoms. The molecule has 1 aromatic carbocycles. The van der Waals surface area contributed by atoms with E-state index < -0.39 is 0 Å². The summed E-state index contributed by atoms with van der Waals surface area (Å²) in [6.07, 6.45) is 2.98. The zero-order valence-electron chi connectivity index (χ0n) is 11.7. The van der Waals surface area contributed by atoms with Gasteiger partial charge in [0, 0.05) is 35.9 Å². The SMILES string of the molecule is CCc1nn(C)cc1CNc1cc(OC)c(Br)cc1Br. The van der Waals surface area contributed by atoms with E-state index in [1.54, 1.807) is 7.11 Å². The van der Waals surface area contributed by atoms with E-state index in [-0.39, 0.29) is 0 Å². The Morgan fingerprint density at radius 3 is 2.70 bits per heavy atom. The molecule has 1 aromatic heterocycles. The van der Waals surface area contributed by atoms with Crippen LogP contribution in [-0.4, -0.2) is 16.9 Å². The number of aryl methyl sites for hydroxylation is 2. The lowest BCUT2D eigenvalue weighted by Crippen LogP contribution is -2.02. The van der Waals surface area contributed by atoms with Crippen molar-refractivity contribution in [3.63, 3.8) is 0 Å². The first-order valence-corrected chi connectivity index (χ1v) is 7.92. The zero-order valence-corrected chi connectivity index (χ0v) is 14.9. The molecule has 0 bridgehead atoms. The first-order chi connectivity index (χ1) is 9.55. The van der Waals surface area contributed by atoms with Crippen molar-refractivity contribution in [3.8, 4) is 5.75 Å². The van der Waals surface area contributed by atoms with Gasteiger partial charge in [-0.25, -0.2) is 0 Å². The van der Waals surface area contributed by atoms with Crippen LogP contribution in [0.1, 0.15) is 18.2 Å². The van der Waals surface area contributed by atoms with Crippen LogP contribution < -0.4 is 10.1 Å². The monoisotopic (exact) mass is 401 g/mol. The molecule has 2 rings (SSSR count). The Morgan fingerprint density at radius 1 is 1.30 bits per heavy atom. The second-order valence-electron chi connectivity index (χ2n) is 4.45. The van der Waals surface area contributed by atoms with Crippen molar-refractivity contribution in [2.75, 3.05) is 12.4 Å². The highest BCUT2D eigenvalue weighted by atomic mass is 79.9. The fourth-order valence-electron chi connectivity index (χ4n) is 2.04. The summed E-state index contributed by atoms with van der Waals surface area (Å²) >= 11 is 7.02. The molecule has 0 radical (unpaired) electrons. The maximum Gasteiger partial charge on any atom is 0.135 e. The number of hydrogen-bond acceptors (Lipinski definition) is 3. The maximum absolute atomic E-state index is 5.32. The highest BCUT2D eigenvalue weighted by Crippen LogP contribution is 2.34. The summed E-state index contributed by atoms with van der Waals surface area (Å²) in [5.74, 6) is 0.803. The number of nitrogens with zero attached hydrogens (tertiary/aromatic N) is 2. The summed E-state index contributed by atoms with van der Waals surface area (Å²) < 4.78 is 9.09. The lowest BCUT2D eigenvalue weighted by atomic mass is 10.2. The van der Waals surface area contributed by atoms with Crippen LogP contribution in [0.25, 0.3) is 0 Å². The van der Waals surface area contributed by atoms with Crippen molar-refractivity contribution in [2.45, 2.75) is 19.9 Å². The Morgan fingerprint density at radius 2 is 2.05 bits per heavy atom. The molecule has 1 N–H and O–H groups in total. The Labute approximate surface area is 135 Å². The first-order valence-electron chi connectivity index (χ1n) is 6.33. The van der Waals surface area contributed by atoms with E-state index in [9.17, 15) is 0 Å². The molecule has 4 nitrogen and oxygen atoms in total. The molecule has 0 amide bonds. The number of benzene rings is 1. The fourth-order valence-corrected chi connectivity index (χ4v) is 3.34. The van der Waals surface area contributed by atoms with Gasteiger partial charge in [0.25, 0.3) is 0 Å². The van der Waals surface area contributed by atoms with Gasteiger partial charge in [-0.2, -0.15) is 5.10 Å². The molecule has 1 heterocycles. The van der Waals surface area contributed by atoms with E-state index in [1.807, 2.05) is 23.9 Å². The highest BCUT2D eigenvalue weighted by Gasteiger charge is 2.09. The fraction of sp³-hybridized carbons (Fsp3) is 0.357. The quantitative estimate of drug-likeness (QED) is 0.817. The van der Waals surface area contributed by atoms with Crippen molar-refractivity contribution < 1.29 is 4.74 Å². The minimum atomic E-state index is 0.737. The van der Waals surface area contributed by atoms with Crippen LogP contribution >= 0.6 is 31.9 Å². The van der Waals surface area contributed by atoms with Crippen molar-refractivity contribution in [1.82, 2.24) is 9.78 Å². The standard InChI is InChI=1S/C14H17Br2N3O/c1-4-12-9(8-19(2)18-12)7-17-13-6-14(20-3)11(16)5-10(13)15/h5-6,8,17H,4,7H2,1-3H3. The number of rotatable bonds is 5. The second-order valence-corrected chi connectivity index (χ2v) is 6.16. The van der Waals surface area contributed by atoms with Crippen LogP contribution in [0.15, 0.2) is 27.3 Å². The number of aromatic nitrogens is 2. The van der Waals surface area contributed by atoms with Gasteiger partial charge in [0.15, 0.2) is 0 Å². The minimum absolute atomic E-state index is 0.737. The molecule has 108 valence electrons. The van der Waals surface area contributed by atoms with Crippen molar-refractivity contribution in [2.24, 2.45) is 7.05 Å². The van der Waals surface area contributed by atoms with Gasteiger partial charge in [0.2, 0.25) is 0 Å². The van der Waals surface area contributed by atoms with Gasteiger partial charge in [-0.1, -0.05) is 6.92 Å². The molecule has 0 aliphatic rings. The second kappa shape index (κ2) is 6.63. The van der Waals surface area contributed by atoms with Crippen molar-refractivity contribution in [1.29, 1.82) is 0 Å². The van der Waals surface area contributed by atoms with Crippen LogP contribution in [0.4, 0.5) is 5.69 Å². The molecule has 0 aliphatic heterocycles. The first kappa shape index (κ1) is 15.4. The van der Waals surface area contributed by atoms with E-state index in [0.717, 1.165) is 39.0 Å². The van der Waals surface area contributed by atoms with Gasteiger partial charge < -0.3 is 10.1 Å². The Kier molecular flexibility index (Phi) is 5.10. The molecular weight excluding hydrogens is 386 g/mol. The minimum Gasteiger partial charge on any atom is -0.495 e. The summed E-state index contributed by atoms with van der Waals surface area (Å²) in [6.45, 7) is 2.85. The van der Waals surface area contributed by atoms with Crippen LogP contribution in [0.5, 0.6) is 5.75 Å². The van der Waals surface area contributed by atoms with Gasteiger partial charge >= 0.3 is 0 Å². The van der Waals surface area contributed by atoms with Crippen LogP contribution in [-0.2, 0) is 20.0 Å². The summed E-state index contributed by atoms with van der Waals surface area (Å²) in [5, 5.41) is 7.86. The molecule has 0 unspecified atom stereocenters. The Hall–Kier alpha value is -1.01. The molecule has 6 heteroatoms. The number of anilines is 1. The van der Waals surface area contributed by atoms with E-state index >= 15 is 0 Å². The topological polar surface area (TPSA) is 39.1 Å². The summed E-state index contributed by atoms with van der Waals surface area (Å²) in [7, 11) is 3.61. The number of ether oxygens (including phenoxy) is 1. The predicted octanol–water partition coefficient (Wildman–Crippen LogP) is 4.13. The van der Waals surface area contributed by atoms with Crippen molar-refractivity contribution in [3.05, 3.63) is 38.5 Å². The Bertz CT molecular complexity index is 611. The zero-order chi connectivity index (χ0) is 14.7. The molecule has 0 atom stereocenters. The van der Waals surface area contributed by atoms with Crippen LogP contribution in [0.3, 0.4) is 0 Å². The molecular formula is C14H17Br2N3O. The van der Waals surface area contributed by atoms with Crippen LogP contribution in [0, 0.1) is 0 Å². The van der Waals surface area contributed by atoms with Gasteiger partial charge in [-0.05, 0) is 44.3 Å². The number of hydrogen-bond donors (Lipinski definition) is 1. The average molecular weight is 403 g/mol.